The smallest absolute Gasteiger partial charge is 0.242 e. The third-order valence-electron chi connectivity index (χ3n) is 2.40. The normalized spacial score (nSPS) is 16.4. The molecule has 1 aromatic rings. The molecule has 16 heavy (non-hydrogen) atoms. The van der Waals surface area contributed by atoms with E-state index >= 15 is 0 Å². The van der Waals surface area contributed by atoms with E-state index in [0.717, 1.165) is 11.4 Å². The summed E-state index contributed by atoms with van der Waals surface area (Å²) in [6, 6.07) is 0. The number of aromatic nitrogens is 1. The molecule has 0 bridgehead atoms. The first kappa shape index (κ1) is 11.1. The third kappa shape index (κ3) is 2.38. The van der Waals surface area contributed by atoms with Gasteiger partial charge in [-0.1, -0.05) is 6.92 Å². The van der Waals surface area contributed by atoms with Crippen LogP contribution in [-0.2, 0) is 22.6 Å². The Morgan fingerprint density at radius 2 is 2.38 bits per heavy atom. The Kier molecular flexibility index (Phi) is 3.19. The topological polar surface area (TPSA) is 62.3 Å². The predicted molar refractivity (Wildman–Crippen MR) is 59.9 cm³/mol. The average molecular weight is 239 g/mol. The van der Waals surface area contributed by atoms with Gasteiger partial charge >= 0.3 is 0 Å². The molecular formula is C10H13N3O2S. The van der Waals surface area contributed by atoms with Gasteiger partial charge in [0.2, 0.25) is 11.8 Å². The van der Waals surface area contributed by atoms with Crippen LogP contribution in [0.4, 0.5) is 0 Å². The fraction of sp³-hybridized carbons (Fsp3) is 0.500. The molecule has 0 saturated carbocycles. The van der Waals surface area contributed by atoms with Gasteiger partial charge in [0.15, 0.2) is 0 Å². The molecule has 0 aliphatic carbocycles. The van der Waals surface area contributed by atoms with E-state index in [1.54, 1.807) is 11.3 Å². The molecule has 2 rings (SSSR count). The van der Waals surface area contributed by atoms with Crippen molar-refractivity contribution in [3.8, 4) is 0 Å². The van der Waals surface area contributed by atoms with Gasteiger partial charge in [-0.2, -0.15) is 0 Å². The summed E-state index contributed by atoms with van der Waals surface area (Å²) in [6.45, 7) is 2.75. The number of carbonyl (C=O) groups excluding carboxylic acids is 2. The molecule has 1 N–H and O–H groups in total. The minimum absolute atomic E-state index is 0.0483. The number of nitrogens with one attached hydrogen (secondary N) is 1. The molecule has 2 heterocycles. The highest BCUT2D eigenvalue weighted by Gasteiger charge is 2.23. The Morgan fingerprint density at radius 1 is 1.56 bits per heavy atom. The highest BCUT2D eigenvalue weighted by atomic mass is 32.1. The minimum atomic E-state index is -0.105. The Balaban J connectivity index is 2.02. The fourth-order valence-corrected chi connectivity index (χ4v) is 2.37. The molecular weight excluding hydrogens is 226 g/mol. The second kappa shape index (κ2) is 4.61. The van der Waals surface area contributed by atoms with Gasteiger partial charge in [0, 0.05) is 11.1 Å². The quantitative estimate of drug-likeness (QED) is 0.817. The number of piperazine rings is 1. The molecule has 1 aliphatic rings. The van der Waals surface area contributed by atoms with Crippen molar-refractivity contribution in [1.82, 2.24) is 15.2 Å². The second-order valence-electron chi connectivity index (χ2n) is 3.60. The maximum Gasteiger partial charge on any atom is 0.242 e. The monoisotopic (exact) mass is 239 g/mol. The lowest BCUT2D eigenvalue weighted by atomic mass is 10.3. The summed E-state index contributed by atoms with van der Waals surface area (Å²) in [7, 11) is 0. The highest BCUT2D eigenvalue weighted by Crippen LogP contribution is 2.15. The molecule has 2 amide bonds. The molecule has 0 atom stereocenters. The maximum atomic E-state index is 11.5. The third-order valence-corrected chi connectivity index (χ3v) is 3.53. The summed E-state index contributed by atoms with van der Waals surface area (Å²) < 4.78 is 0. The number of hydrogen-bond donors (Lipinski definition) is 1. The van der Waals surface area contributed by atoms with E-state index in [0.29, 0.717) is 6.54 Å². The first-order chi connectivity index (χ1) is 7.69. The molecule has 0 radical (unpaired) electrons. The van der Waals surface area contributed by atoms with Crippen LogP contribution in [0.3, 0.4) is 0 Å². The van der Waals surface area contributed by atoms with Crippen molar-refractivity contribution >= 4 is 23.2 Å². The van der Waals surface area contributed by atoms with Gasteiger partial charge in [-0.15, -0.1) is 11.3 Å². The van der Waals surface area contributed by atoms with Crippen LogP contribution < -0.4 is 5.32 Å². The zero-order valence-corrected chi connectivity index (χ0v) is 9.84. The summed E-state index contributed by atoms with van der Waals surface area (Å²) in [4.78, 5) is 29.6. The van der Waals surface area contributed by atoms with Gasteiger partial charge in [0.05, 0.1) is 13.1 Å². The average Bonchev–Trinajstić information content (AvgIpc) is 2.71. The van der Waals surface area contributed by atoms with Crippen molar-refractivity contribution in [3.63, 3.8) is 0 Å². The SMILES string of the molecule is CCc1cnc(CN2CC(=O)NCC2=O)s1. The van der Waals surface area contributed by atoms with Crippen LogP contribution in [0.1, 0.15) is 16.8 Å². The number of nitrogens with zero attached hydrogens (tertiary/aromatic N) is 2. The zero-order chi connectivity index (χ0) is 11.5. The van der Waals surface area contributed by atoms with Crippen molar-refractivity contribution in [2.45, 2.75) is 19.9 Å². The standard InChI is InChI=1S/C10H13N3O2S/c1-2-7-3-12-9(16-7)6-13-5-8(14)11-4-10(13)15/h3H,2,4-6H2,1H3,(H,11,14). The van der Waals surface area contributed by atoms with Gasteiger partial charge in [-0.25, -0.2) is 4.98 Å². The number of amides is 2. The van der Waals surface area contributed by atoms with Crippen LogP contribution in [0.15, 0.2) is 6.20 Å². The van der Waals surface area contributed by atoms with E-state index < -0.39 is 0 Å². The van der Waals surface area contributed by atoms with Gasteiger partial charge in [-0.05, 0) is 6.42 Å². The summed E-state index contributed by atoms with van der Waals surface area (Å²) in [5.74, 6) is -0.153. The predicted octanol–water partition coefficient (Wildman–Crippen LogP) is 0.164. The van der Waals surface area contributed by atoms with E-state index in [1.165, 1.54) is 9.78 Å². The number of rotatable bonds is 3. The zero-order valence-electron chi connectivity index (χ0n) is 9.02. The van der Waals surface area contributed by atoms with Crippen LogP contribution in [0, 0.1) is 0 Å². The summed E-state index contributed by atoms with van der Waals surface area (Å²) in [5.41, 5.74) is 0. The number of hydrogen-bond acceptors (Lipinski definition) is 4. The van der Waals surface area contributed by atoms with Crippen LogP contribution in [-0.4, -0.2) is 34.8 Å². The molecule has 1 aromatic heterocycles. The lowest BCUT2D eigenvalue weighted by molar-refractivity contribution is -0.141. The van der Waals surface area contributed by atoms with Crippen molar-refractivity contribution < 1.29 is 9.59 Å². The van der Waals surface area contributed by atoms with Gasteiger partial charge < -0.3 is 10.2 Å². The number of aryl methyl sites for hydroxylation is 1. The van der Waals surface area contributed by atoms with Crippen molar-refractivity contribution in [2.24, 2.45) is 0 Å². The van der Waals surface area contributed by atoms with E-state index in [9.17, 15) is 9.59 Å². The number of thiazole rings is 1. The minimum Gasteiger partial charge on any atom is -0.345 e. The Labute approximate surface area is 97.5 Å². The molecule has 1 saturated heterocycles. The molecule has 0 spiro atoms. The van der Waals surface area contributed by atoms with Gasteiger partial charge in [0.25, 0.3) is 0 Å². The second-order valence-corrected chi connectivity index (χ2v) is 4.80. The molecule has 0 aromatic carbocycles. The Hall–Kier alpha value is -1.43. The maximum absolute atomic E-state index is 11.5. The summed E-state index contributed by atoms with van der Waals surface area (Å²) in [6.07, 6.45) is 2.78. The molecule has 86 valence electrons. The lowest BCUT2D eigenvalue weighted by Crippen LogP contribution is -2.50. The largest absolute Gasteiger partial charge is 0.345 e. The van der Waals surface area contributed by atoms with E-state index in [-0.39, 0.29) is 24.9 Å². The highest BCUT2D eigenvalue weighted by molar-refractivity contribution is 7.11. The van der Waals surface area contributed by atoms with Crippen LogP contribution in [0.5, 0.6) is 0 Å². The van der Waals surface area contributed by atoms with E-state index in [1.807, 2.05) is 6.20 Å². The first-order valence-corrected chi connectivity index (χ1v) is 5.98. The summed E-state index contributed by atoms with van der Waals surface area (Å²) in [5, 5.41) is 3.41. The number of carbonyl (C=O) groups is 2. The van der Waals surface area contributed by atoms with E-state index in [2.05, 4.69) is 17.2 Å². The molecule has 6 heteroatoms. The first-order valence-electron chi connectivity index (χ1n) is 5.17. The fourth-order valence-electron chi connectivity index (χ4n) is 1.50. The van der Waals surface area contributed by atoms with E-state index in [4.69, 9.17) is 0 Å². The van der Waals surface area contributed by atoms with Crippen LogP contribution in [0.25, 0.3) is 0 Å². The van der Waals surface area contributed by atoms with Gasteiger partial charge in [0.1, 0.15) is 11.6 Å². The van der Waals surface area contributed by atoms with Crippen molar-refractivity contribution in [2.75, 3.05) is 13.1 Å². The molecule has 5 nitrogen and oxygen atoms in total. The van der Waals surface area contributed by atoms with Crippen LogP contribution >= 0.6 is 11.3 Å². The Bertz CT molecular complexity index is 416. The summed E-state index contributed by atoms with van der Waals surface area (Å²) >= 11 is 1.59. The molecule has 1 fully saturated rings. The lowest BCUT2D eigenvalue weighted by Gasteiger charge is -2.25. The van der Waals surface area contributed by atoms with Gasteiger partial charge in [-0.3, -0.25) is 9.59 Å². The van der Waals surface area contributed by atoms with Crippen molar-refractivity contribution in [1.29, 1.82) is 0 Å². The molecule has 0 unspecified atom stereocenters. The Morgan fingerprint density at radius 3 is 3.06 bits per heavy atom. The van der Waals surface area contributed by atoms with Crippen molar-refractivity contribution in [3.05, 3.63) is 16.1 Å². The van der Waals surface area contributed by atoms with Crippen LogP contribution in [0.2, 0.25) is 0 Å². The molecule has 1 aliphatic heterocycles.